The van der Waals surface area contributed by atoms with Gasteiger partial charge in [0.25, 0.3) is 0 Å². The topological polar surface area (TPSA) is 53.3 Å². The quantitative estimate of drug-likeness (QED) is 0.617. The maximum absolute atomic E-state index is 12.5. The van der Waals surface area contributed by atoms with Gasteiger partial charge in [0, 0.05) is 21.8 Å². The Morgan fingerprint density at radius 3 is 2.85 bits per heavy atom. The van der Waals surface area contributed by atoms with Crippen LogP contribution < -0.4 is 4.74 Å². The Morgan fingerprint density at radius 2 is 2.11 bits per heavy atom. The zero-order valence-electron chi connectivity index (χ0n) is 15.5. The van der Waals surface area contributed by atoms with E-state index in [-0.39, 0.29) is 5.97 Å². The van der Waals surface area contributed by atoms with E-state index in [0.717, 1.165) is 38.7 Å². The van der Waals surface area contributed by atoms with E-state index in [1.807, 2.05) is 48.0 Å². The summed E-state index contributed by atoms with van der Waals surface area (Å²) in [4.78, 5) is 13.6. The third-order valence-electron chi connectivity index (χ3n) is 4.51. The molecular weight excluding hydrogens is 360 g/mol. The molecule has 0 fully saturated rings. The van der Waals surface area contributed by atoms with Gasteiger partial charge in [-0.1, -0.05) is 12.1 Å². The lowest BCUT2D eigenvalue weighted by molar-refractivity contribution is 0.0518. The number of hydrogen-bond donors (Lipinski definition) is 0. The van der Waals surface area contributed by atoms with Gasteiger partial charge in [0.15, 0.2) is 5.69 Å². The predicted molar refractivity (Wildman–Crippen MR) is 106 cm³/mol. The molecule has 6 heteroatoms. The van der Waals surface area contributed by atoms with Gasteiger partial charge in [0.05, 0.1) is 25.1 Å². The van der Waals surface area contributed by atoms with Crippen molar-refractivity contribution in [2.75, 3.05) is 13.7 Å². The molecule has 0 bridgehead atoms. The molecule has 2 aromatic carbocycles. The van der Waals surface area contributed by atoms with Gasteiger partial charge in [-0.3, -0.25) is 0 Å². The molecule has 1 aromatic heterocycles. The summed E-state index contributed by atoms with van der Waals surface area (Å²) in [7, 11) is 1.66. The van der Waals surface area contributed by atoms with Crippen molar-refractivity contribution in [3.05, 3.63) is 59.3 Å². The summed E-state index contributed by atoms with van der Waals surface area (Å²) in [6.45, 7) is 4.17. The van der Waals surface area contributed by atoms with Gasteiger partial charge in [-0.2, -0.15) is 5.10 Å². The number of methoxy groups -OCH3 is 1. The van der Waals surface area contributed by atoms with Crippen LogP contribution in [0.25, 0.3) is 16.9 Å². The van der Waals surface area contributed by atoms with Crippen LogP contribution in [0.15, 0.2) is 47.4 Å². The number of nitrogens with zero attached hydrogens (tertiary/aromatic N) is 2. The highest BCUT2D eigenvalue weighted by molar-refractivity contribution is 7.98. The van der Waals surface area contributed by atoms with Gasteiger partial charge in [0.2, 0.25) is 0 Å². The number of aryl methyl sites for hydroxylation is 1. The summed E-state index contributed by atoms with van der Waals surface area (Å²) in [5.41, 5.74) is 5.36. The first-order valence-corrected chi connectivity index (χ1v) is 9.78. The first-order chi connectivity index (χ1) is 13.1. The van der Waals surface area contributed by atoms with Crippen LogP contribution in [0.1, 0.15) is 28.5 Å². The Kier molecular flexibility index (Phi) is 4.66. The molecule has 27 heavy (non-hydrogen) atoms. The summed E-state index contributed by atoms with van der Waals surface area (Å²) in [5, 5.41) is 4.66. The number of carbonyl (C=O) groups excluding carboxylic acids is 1. The Morgan fingerprint density at radius 1 is 1.26 bits per heavy atom. The van der Waals surface area contributed by atoms with E-state index in [2.05, 4.69) is 11.2 Å². The van der Waals surface area contributed by atoms with E-state index in [1.54, 1.807) is 25.8 Å². The minimum atomic E-state index is -0.377. The van der Waals surface area contributed by atoms with Crippen LogP contribution >= 0.6 is 11.8 Å². The molecule has 5 nitrogen and oxygen atoms in total. The number of thioether (sulfide) groups is 1. The molecule has 4 rings (SSSR count). The Bertz CT molecular complexity index is 1030. The Balaban J connectivity index is 1.95. The van der Waals surface area contributed by atoms with Crippen LogP contribution in [-0.4, -0.2) is 29.5 Å². The molecule has 3 aromatic rings. The van der Waals surface area contributed by atoms with Gasteiger partial charge in [-0.15, -0.1) is 11.8 Å². The molecular formula is C21H20N2O3S. The lowest BCUT2D eigenvalue weighted by Crippen LogP contribution is -2.08. The van der Waals surface area contributed by atoms with Crippen LogP contribution in [0.2, 0.25) is 0 Å². The van der Waals surface area contributed by atoms with Crippen LogP contribution in [-0.2, 0) is 10.5 Å². The van der Waals surface area contributed by atoms with E-state index >= 15 is 0 Å². The van der Waals surface area contributed by atoms with Crippen LogP contribution in [0.3, 0.4) is 0 Å². The minimum Gasteiger partial charge on any atom is -0.497 e. The third kappa shape index (κ3) is 3.10. The normalized spacial score (nSPS) is 12.3. The van der Waals surface area contributed by atoms with E-state index in [9.17, 15) is 4.79 Å². The fourth-order valence-electron chi connectivity index (χ4n) is 3.27. The number of rotatable bonds is 4. The SMILES string of the molecule is CCOC(=O)c1nn(-c2cccc(C)c2)c2c1CSc1cc(OC)ccc1-2. The summed E-state index contributed by atoms with van der Waals surface area (Å²) in [6, 6.07) is 14.1. The zero-order chi connectivity index (χ0) is 19.0. The van der Waals surface area contributed by atoms with Crippen molar-refractivity contribution in [2.45, 2.75) is 24.5 Å². The van der Waals surface area contributed by atoms with Crippen molar-refractivity contribution in [1.29, 1.82) is 0 Å². The maximum Gasteiger partial charge on any atom is 0.359 e. The number of hydrogen-bond acceptors (Lipinski definition) is 5. The lowest BCUT2D eigenvalue weighted by atomic mass is 10.0. The largest absolute Gasteiger partial charge is 0.497 e. The smallest absolute Gasteiger partial charge is 0.359 e. The van der Waals surface area contributed by atoms with Crippen molar-refractivity contribution >= 4 is 17.7 Å². The molecule has 0 aliphatic carbocycles. The summed E-state index contributed by atoms with van der Waals surface area (Å²) < 4.78 is 12.5. The number of esters is 1. The van der Waals surface area contributed by atoms with Crippen molar-refractivity contribution in [3.63, 3.8) is 0 Å². The summed E-state index contributed by atoms with van der Waals surface area (Å²) >= 11 is 1.68. The second-order valence-corrected chi connectivity index (χ2v) is 7.31. The number of ether oxygens (including phenoxy) is 2. The summed E-state index contributed by atoms with van der Waals surface area (Å²) in [6.07, 6.45) is 0. The fraction of sp³-hybridized carbons (Fsp3) is 0.238. The molecule has 0 N–H and O–H groups in total. The van der Waals surface area contributed by atoms with Gasteiger partial charge < -0.3 is 9.47 Å². The number of fused-ring (bicyclic) bond motifs is 3. The summed E-state index contributed by atoms with van der Waals surface area (Å²) in [5.74, 6) is 1.10. The van der Waals surface area contributed by atoms with Crippen molar-refractivity contribution < 1.29 is 14.3 Å². The molecule has 1 aliphatic heterocycles. The highest BCUT2D eigenvalue weighted by Crippen LogP contribution is 2.45. The monoisotopic (exact) mass is 380 g/mol. The fourth-order valence-corrected chi connectivity index (χ4v) is 4.36. The van der Waals surface area contributed by atoms with E-state index in [1.165, 1.54) is 0 Å². The van der Waals surface area contributed by atoms with Crippen LogP contribution in [0.5, 0.6) is 5.75 Å². The van der Waals surface area contributed by atoms with Gasteiger partial charge >= 0.3 is 5.97 Å². The number of benzene rings is 2. The predicted octanol–water partition coefficient (Wildman–Crippen LogP) is 4.64. The van der Waals surface area contributed by atoms with Gasteiger partial charge in [-0.05, 0) is 49.7 Å². The molecule has 0 saturated heterocycles. The maximum atomic E-state index is 12.5. The second-order valence-electron chi connectivity index (χ2n) is 6.30. The molecule has 0 spiro atoms. The van der Waals surface area contributed by atoms with Crippen molar-refractivity contribution in [3.8, 4) is 22.7 Å². The molecule has 138 valence electrons. The molecule has 1 aliphatic rings. The van der Waals surface area contributed by atoms with Crippen LogP contribution in [0, 0.1) is 6.92 Å². The molecule has 2 heterocycles. The average molecular weight is 380 g/mol. The van der Waals surface area contributed by atoms with E-state index in [4.69, 9.17) is 9.47 Å². The first kappa shape index (κ1) is 17.7. The van der Waals surface area contributed by atoms with Gasteiger partial charge in [0.1, 0.15) is 5.75 Å². The third-order valence-corrected chi connectivity index (χ3v) is 5.60. The standard InChI is InChI=1S/C21H20N2O3S/c1-4-26-21(24)19-17-12-27-18-11-15(25-3)8-9-16(18)20(17)23(22-19)14-7-5-6-13(2)10-14/h5-11H,4,12H2,1-3H3. The lowest BCUT2D eigenvalue weighted by Gasteiger charge is -2.19. The highest BCUT2D eigenvalue weighted by Gasteiger charge is 2.30. The number of aromatic nitrogens is 2. The highest BCUT2D eigenvalue weighted by atomic mass is 32.2. The zero-order valence-corrected chi connectivity index (χ0v) is 16.3. The molecule has 0 saturated carbocycles. The molecule has 0 atom stereocenters. The minimum absolute atomic E-state index is 0.325. The van der Waals surface area contributed by atoms with Crippen molar-refractivity contribution in [2.24, 2.45) is 0 Å². The first-order valence-electron chi connectivity index (χ1n) is 8.79. The number of carbonyl (C=O) groups is 1. The van der Waals surface area contributed by atoms with Gasteiger partial charge in [-0.25, -0.2) is 9.48 Å². The molecule has 0 radical (unpaired) electrons. The molecule has 0 amide bonds. The van der Waals surface area contributed by atoms with Crippen LogP contribution in [0.4, 0.5) is 0 Å². The Labute approximate surface area is 162 Å². The van der Waals surface area contributed by atoms with Crippen molar-refractivity contribution in [1.82, 2.24) is 9.78 Å². The van der Waals surface area contributed by atoms with E-state index < -0.39 is 0 Å². The molecule has 0 unspecified atom stereocenters. The Hall–Kier alpha value is -2.73. The van der Waals surface area contributed by atoms with E-state index in [0.29, 0.717) is 18.1 Å². The average Bonchev–Trinajstić information content (AvgIpc) is 3.08. The second kappa shape index (κ2) is 7.12.